The van der Waals surface area contributed by atoms with E-state index in [1.54, 1.807) is 31.4 Å². The van der Waals surface area contributed by atoms with Crippen LogP contribution in [0.2, 0.25) is 0 Å². The van der Waals surface area contributed by atoms with Crippen molar-refractivity contribution >= 4 is 10.0 Å². The summed E-state index contributed by atoms with van der Waals surface area (Å²) in [6.45, 7) is 0.342. The fourth-order valence-corrected chi connectivity index (χ4v) is 4.22. The van der Waals surface area contributed by atoms with Gasteiger partial charge in [-0.1, -0.05) is 12.8 Å². The Kier molecular flexibility index (Phi) is 5.01. The highest BCUT2D eigenvalue weighted by molar-refractivity contribution is 7.89. The number of aliphatic hydroxyl groups is 1. The van der Waals surface area contributed by atoms with Gasteiger partial charge in [-0.15, -0.1) is 0 Å². The second-order valence-electron chi connectivity index (χ2n) is 4.98. The van der Waals surface area contributed by atoms with Crippen LogP contribution >= 0.6 is 0 Å². The van der Waals surface area contributed by atoms with E-state index in [1.807, 2.05) is 0 Å². The van der Waals surface area contributed by atoms with E-state index in [-0.39, 0.29) is 17.5 Å². The van der Waals surface area contributed by atoms with Gasteiger partial charge in [0.05, 0.1) is 18.6 Å². The van der Waals surface area contributed by atoms with Gasteiger partial charge in [0.25, 0.3) is 0 Å². The molecule has 5 nitrogen and oxygen atoms in total. The number of ether oxygens (including phenoxy) is 1. The highest BCUT2D eigenvalue weighted by Gasteiger charge is 2.31. The standard InChI is InChI=1S/C14H21NO4S/c1-19-13-6-8-14(9-7-13)20(17,18)15-10-4-2-3-5-12(15)11-16/h6-9,12,16H,2-5,10-11H2,1H3/t12-/m0/s1. The maximum absolute atomic E-state index is 12.7. The quantitative estimate of drug-likeness (QED) is 0.917. The summed E-state index contributed by atoms with van der Waals surface area (Å²) in [5, 5.41) is 9.45. The third kappa shape index (κ3) is 3.13. The number of sulfonamides is 1. The summed E-state index contributed by atoms with van der Waals surface area (Å²) in [7, 11) is -2.01. The summed E-state index contributed by atoms with van der Waals surface area (Å²) in [5.41, 5.74) is 0. The van der Waals surface area contributed by atoms with E-state index in [4.69, 9.17) is 4.74 Å². The molecule has 0 bridgehead atoms. The number of benzene rings is 1. The first kappa shape index (κ1) is 15.3. The molecule has 1 aliphatic heterocycles. The first-order valence-corrected chi connectivity index (χ1v) is 8.30. The van der Waals surface area contributed by atoms with Crippen LogP contribution in [0.25, 0.3) is 0 Å². The van der Waals surface area contributed by atoms with Gasteiger partial charge in [-0.05, 0) is 37.1 Å². The number of methoxy groups -OCH3 is 1. The van der Waals surface area contributed by atoms with Crippen LogP contribution in [0.1, 0.15) is 25.7 Å². The molecular formula is C14H21NO4S. The molecular weight excluding hydrogens is 278 g/mol. The van der Waals surface area contributed by atoms with Gasteiger partial charge in [0.15, 0.2) is 0 Å². The Labute approximate surface area is 120 Å². The van der Waals surface area contributed by atoms with Gasteiger partial charge in [0, 0.05) is 12.6 Å². The predicted molar refractivity (Wildman–Crippen MR) is 76.2 cm³/mol. The summed E-state index contributed by atoms with van der Waals surface area (Å²) in [4.78, 5) is 0.249. The first-order valence-electron chi connectivity index (χ1n) is 6.86. The minimum atomic E-state index is -3.55. The van der Waals surface area contributed by atoms with E-state index >= 15 is 0 Å². The van der Waals surface area contributed by atoms with Crippen LogP contribution in [0.3, 0.4) is 0 Å². The first-order chi connectivity index (χ1) is 9.59. The van der Waals surface area contributed by atoms with Crippen molar-refractivity contribution in [1.29, 1.82) is 0 Å². The SMILES string of the molecule is COc1ccc(S(=O)(=O)N2CCCCC[C@H]2CO)cc1. The minimum absolute atomic E-state index is 0.130. The molecule has 1 atom stereocenters. The van der Waals surface area contributed by atoms with Crippen LogP contribution in [0.15, 0.2) is 29.2 Å². The van der Waals surface area contributed by atoms with Crippen LogP contribution in [-0.2, 0) is 10.0 Å². The molecule has 1 aromatic carbocycles. The fourth-order valence-electron chi connectivity index (χ4n) is 2.53. The number of aliphatic hydroxyl groups excluding tert-OH is 1. The van der Waals surface area contributed by atoms with Crippen molar-refractivity contribution in [2.24, 2.45) is 0 Å². The Morgan fingerprint density at radius 1 is 1.25 bits per heavy atom. The van der Waals surface area contributed by atoms with Crippen molar-refractivity contribution in [2.75, 3.05) is 20.3 Å². The maximum atomic E-state index is 12.7. The van der Waals surface area contributed by atoms with Crippen molar-refractivity contribution in [1.82, 2.24) is 4.31 Å². The summed E-state index contributed by atoms with van der Waals surface area (Å²) < 4.78 is 31.9. The number of rotatable bonds is 4. The lowest BCUT2D eigenvalue weighted by Crippen LogP contribution is -2.41. The molecule has 1 aromatic rings. The molecule has 0 unspecified atom stereocenters. The molecule has 0 aliphatic carbocycles. The van der Waals surface area contributed by atoms with Crippen LogP contribution in [0.4, 0.5) is 0 Å². The summed E-state index contributed by atoms with van der Waals surface area (Å²) in [6, 6.07) is 6.06. The second-order valence-corrected chi connectivity index (χ2v) is 6.87. The molecule has 112 valence electrons. The van der Waals surface area contributed by atoms with Gasteiger partial charge >= 0.3 is 0 Å². The molecule has 0 aromatic heterocycles. The monoisotopic (exact) mass is 299 g/mol. The van der Waals surface area contributed by atoms with Gasteiger partial charge in [0.1, 0.15) is 5.75 Å². The average molecular weight is 299 g/mol. The Bertz CT molecular complexity index is 527. The molecule has 1 aliphatic rings. The minimum Gasteiger partial charge on any atom is -0.497 e. The third-order valence-corrected chi connectivity index (χ3v) is 5.67. The predicted octanol–water partition coefficient (Wildman–Crippen LogP) is 1.62. The van der Waals surface area contributed by atoms with E-state index in [0.717, 1.165) is 19.3 Å². The van der Waals surface area contributed by atoms with Gasteiger partial charge in [0.2, 0.25) is 10.0 Å². The topological polar surface area (TPSA) is 66.8 Å². The van der Waals surface area contributed by atoms with Crippen molar-refractivity contribution in [3.63, 3.8) is 0 Å². The zero-order chi connectivity index (χ0) is 14.6. The Hall–Kier alpha value is -1.11. The third-order valence-electron chi connectivity index (χ3n) is 3.70. The Morgan fingerprint density at radius 3 is 2.55 bits per heavy atom. The average Bonchev–Trinajstić information content (AvgIpc) is 2.73. The van der Waals surface area contributed by atoms with Gasteiger partial charge in [-0.25, -0.2) is 8.42 Å². The number of hydrogen-bond acceptors (Lipinski definition) is 4. The number of hydrogen-bond donors (Lipinski definition) is 1. The lowest BCUT2D eigenvalue weighted by molar-refractivity contribution is 0.186. The molecule has 20 heavy (non-hydrogen) atoms. The van der Waals surface area contributed by atoms with E-state index in [2.05, 4.69) is 0 Å². The lowest BCUT2D eigenvalue weighted by atomic mass is 10.1. The van der Waals surface area contributed by atoms with E-state index in [0.29, 0.717) is 18.7 Å². The van der Waals surface area contributed by atoms with Crippen LogP contribution in [-0.4, -0.2) is 44.1 Å². The molecule has 1 N–H and O–H groups in total. The molecule has 1 saturated heterocycles. The van der Waals surface area contributed by atoms with Crippen molar-refractivity contribution in [3.8, 4) is 5.75 Å². The zero-order valence-corrected chi connectivity index (χ0v) is 12.5. The van der Waals surface area contributed by atoms with Crippen molar-refractivity contribution in [2.45, 2.75) is 36.6 Å². The van der Waals surface area contributed by atoms with Crippen molar-refractivity contribution in [3.05, 3.63) is 24.3 Å². The van der Waals surface area contributed by atoms with Crippen LogP contribution in [0, 0.1) is 0 Å². The highest BCUT2D eigenvalue weighted by atomic mass is 32.2. The summed E-state index contributed by atoms with van der Waals surface area (Å²) in [5.74, 6) is 0.624. The highest BCUT2D eigenvalue weighted by Crippen LogP contribution is 2.25. The van der Waals surface area contributed by atoms with Crippen LogP contribution in [0.5, 0.6) is 5.75 Å². The van der Waals surface area contributed by atoms with Gasteiger partial charge in [-0.3, -0.25) is 0 Å². The molecule has 0 spiro atoms. The molecule has 1 heterocycles. The second kappa shape index (κ2) is 6.56. The largest absolute Gasteiger partial charge is 0.497 e. The molecule has 6 heteroatoms. The smallest absolute Gasteiger partial charge is 0.243 e. The molecule has 1 fully saturated rings. The number of nitrogens with zero attached hydrogens (tertiary/aromatic N) is 1. The maximum Gasteiger partial charge on any atom is 0.243 e. The lowest BCUT2D eigenvalue weighted by Gasteiger charge is -2.27. The molecule has 0 radical (unpaired) electrons. The van der Waals surface area contributed by atoms with E-state index < -0.39 is 10.0 Å². The van der Waals surface area contributed by atoms with Gasteiger partial charge in [-0.2, -0.15) is 4.31 Å². The van der Waals surface area contributed by atoms with Crippen LogP contribution < -0.4 is 4.74 Å². The van der Waals surface area contributed by atoms with E-state index in [9.17, 15) is 13.5 Å². The normalized spacial score (nSPS) is 21.4. The summed E-state index contributed by atoms with van der Waals surface area (Å²) >= 11 is 0. The summed E-state index contributed by atoms with van der Waals surface area (Å²) in [6.07, 6.45) is 3.52. The fraction of sp³-hybridized carbons (Fsp3) is 0.571. The molecule has 0 amide bonds. The Balaban J connectivity index is 2.30. The van der Waals surface area contributed by atoms with Crippen molar-refractivity contribution < 1.29 is 18.3 Å². The zero-order valence-electron chi connectivity index (χ0n) is 11.7. The Morgan fingerprint density at radius 2 is 1.95 bits per heavy atom. The van der Waals surface area contributed by atoms with Gasteiger partial charge < -0.3 is 9.84 Å². The molecule has 2 rings (SSSR count). The molecule has 0 saturated carbocycles. The van der Waals surface area contributed by atoms with E-state index in [1.165, 1.54) is 4.31 Å².